The Morgan fingerprint density at radius 1 is 1.14 bits per heavy atom. The molecule has 0 spiro atoms. The first kappa shape index (κ1) is 22.7. The van der Waals surface area contributed by atoms with Gasteiger partial charge in [-0.3, -0.25) is 5.32 Å². The van der Waals surface area contributed by atoms with Crippen molar-refractivity contribution < 1.29 is 18.3 Å². The van der Waals surface area contributed by atoms with Gasteiger partial charge in [-0.2, -0.15) is 4.98 Å². The molecule has 1 N–H and O–H groups in total. The summed E-state index contributed by atoms with van der Waals surface area (Å²) in [5.41, 5.74) is 3.04. The van der Waals surface area contributed by atoms with Gasteiger partial charge in [0, 0.05) is 24.3 Å². The molecule has 10 heteroatoms. The third-order valence-corrected chi connectivity index (χ3v) is 6.13. The Balaban J connectivity index is 1.22. The highest BCUT2D eigenvalue weighted by Gasteiger charge is 2.24. The Bertz CT molecular complexity index is 1320. The number of halogens is 1. The van der Waals surface area contributed by atoms with Crippen molar-refractivity contribution in [3.8, 4) is 17.1 Å². The van der Waals surface area contributed by atoms with Gasteiger partial charge in [-0.1, -0.05) is 0 Å². The molecule has 0 unspecified atom stereocenters. The Labute approximate surface area is 201 Å². The maximum atomic E-state index is 13.1. The van der Waals surface area contributed by atoms with Gasteiger partial charge in [-0.25, -0.2) is 19.2 Å². The van der Waals surface area contributed by atoms with Crippen LogP contribution >= 0.6 is 0 Å². The van der Waals surface area contributed by atoms with Gasteiger partial charge < -0.3 is 19.0 Å². The number of ether oxygens (including phenoxy) is 1. The van der Waals surface area contributed by atoms with E-state index in [2.05, 4.69) is 37.1 Å². The molecule has 0 bridgehead atoms. The lowest BCUT2D eigenvalue weighted by molar-refractivity contribution is 0.213. The number of likely N-dealkylation sites (tertiary alicyclic amines) is 1. The molecule has 9 nitrogen and oxygen atoms in total. The topological polar surface area (TPSA) is 96.6 Å². The minimum atomic E-state index is -0.708. The Kier molecular flexibility index (Phi) is 6.28. The van der Waals surface area contributed by atoms with Gasteiger partial charge in [0.2, 0.25) is 5.88 Å². The van der Waals surface area contributed by atoms with Crippen molar-refractivity contribution >= 4 is 28.9 Å². The van der Waals surface area contributed by atoms with Crippen LogP contribution < -0.4 is 15.0 Å². The molecule has 0 atom stereocenters. The minimum absolute atomic E-state index is 0.0397. The summed E-state index contributed by atoms with van der Waals surface area (Å²) in [6, 6.07) is 12.0. The van der Waals surface area contributed by atoms with Crippen molar-refractivity contribution in [2.24, 2.45) is 0 Å². The molecule has 35 heavy (non-hydrogen) atoms. The number of hydrogen-bond acceptors (Lipinski definition) is 8. The molecule has 0 saturated carbocycles. The Morgan fingerprint density at radius 3 is 2.63 bits per heavy atom. The van der Waals surface area contributed by atoms with Gasteiger partial charge >= 0.3 is 6.09 Å². The van der Waals surface area contributed by atoms with Crippen molar-refractivity contribution in [1.29, 1.82) is 0 Å². The van der Waals surface area contributed by atoms with Crippen LogP contribution in [0.2, 0.25) is 0 Å². The van der Waals surface area contributed by atoms with Crippen LogP contribution in [0.1, 0.15) is 12.8 Å². The van der Waals surface area contributed by atoms with Crippen molar-refractivity contribution in [3.05, 3.63) is 60.7 Å². The fraction of sp³-hybridized carbons (Fsp3) is 0.280. The van der Waals surface area contributed by atoms with E-state index in [1.54, 1.807) is 30.3 Å². The average molecular weight is 477 g/mol. The lowest BCUT2D eigenvalue weighted by Crippen LogP contribution is -2.42. The number of anilines is 2. The van der Waals surface area contributed by atoms with Crippen LogP contribution in [0.3, 0.4) is 0 Å². The normalized spacial score (nSPS) is 14.7. The predicted molar refractivity (Wildman–Crippen MR) is 130 cm³/mol. The summed E-state index contributed by atoms with van der Waals surface area (Å²) >= 11 is 0. The van der Waals surface area contributed by atoms with E-state index in [-0.39, 0.29) is 11.7 Å². The zero-order valence-corrected chi connectivity index (χ0v) is 19.4. The summed E-state index contributed by atoms with van der Waals surface area (Å²) in [4.78, 5) is 29.7. The summed E-state index contributed by atoms with van der Waals surface area (Å²) in [6.45, 7) is 2.09. The van der Waals surface area contributed by atoms with Gasteiger partial charge in [-0.05, 0) is 75.4 Å². The first-order valence-corrected chi connectivity index (χ1v) is 11.3. The van der Waals surface area contributed by atoms with Crippen LogP contribution in [0.15, 0.2) is 59.3 Å². The van der Waals surface area contributed by atoms with Crippen molar-refractivity contribution in [2.45, 2.75) is 18.9 Å². The molecule has 2 aromatic carbocycles. The van der Waals surface area contributed by atoms with E-state index in [9.17, 15) is 9.18 Å². The Hall–Kier alpha value is -4.05. The van der Waals surface area contributed by atoms with E-state index < -0.39 is 6.09 Å². The number of nitrogens with one attached hydrogen (secondary N) is 1. The molecule has 0 radical (unpaired) electrons. The maximum Gasteiger partial charge on any atom is 0.418 e. The molecule has 1 aliphatic rings. The molecule has 4 aromatic rings. The van der Waals surface area contributed by atoms with Gasteiger partial charge in [0.1, 0.15) is 11.3 Å². The summed E-state index contributed by atoms with van der Waals surface area (Å²) in [5.74, 6) is -0.291. The summed E-state index contributed by atoms with van der Waals surface area (Å²) in [5, 5.41) is 2.67. The molecule has 1 fully saturated rings. The molecular formula is C25H25FN6O3. The molecule has 5 rings (SSSR count). The number of fused-ring (bicyclic) bond motifs is 1. The first-order chi connectivity index (χ1) is 16.9. The fourth-order valence-electron chi connectivity index (χ4n) is 4.06. The minimum Gasteiger partial charge on any atom is -0.423 e. The lowest BCUT2D eigenvalue weighted by Gasteiger charge is -2.34. The average Bonchev–Trinajstić information content (AvgIpc) is 3.28. The molecule has 1 amide bonds. The third kappa shape index (κ3) is 5.22. The van der Waals surface area contributed by atoms with E-state index in [1.165, 1.54) is 24.5 Å². The van der Waals surface area contributed by atoms with E-state index in [0.717, 1.165) is 25.9 Å². The number of oxazole rings is 1. The highest BCUT2D eigenvalue weighted by molar-refractivity contribution is 5.89. The monoisotopic (exact) mass is 476 g/mol. The summed E-state index contributed by atoms with van der Waals surface area (Å²) in [7, 11) is 4.13. The van der Waals surface area contributed by atoms with Crippen molar-refractivity contribution in [2.75, 3.05) is 37.4 Å². The van der Waals surface area contributed by atoms with Crippen LogP contribution in [0.5, 0.6) is 5.88 Å². The second kappa shape index (κ2) is 9.67. The number of piperidine rings is 1. The van der Waals surface area contributed by atoms with Gasteiger partial charge in [-0.15, -0.1) is 0 Å². The number of amides is 1. The van der Waals surface area contributed by atoms with Crippen LogP contribution in [-0.4, -0.2) is 59.2 Å². The van der Waals surface area contributed by atoms with Gasteiger partial charge in [0.15, 0.2) is 5.58 Å². The largest absolute Gasteiger partial charge is 0.423 e. The van der Waals surface area contributed by atoms with Gasteiger partial charge in [0.25, 0.3) is 6.01 Å². The summed E-state index contributed by atoms with van der Waals surface area (Å²) < 4.78 is 24.3. The maximum absolute atomic E-state index is 13.1. The molecule has 3 heterocycles. The second-order valence-corrected chi connectivity index (χ2v) is 8.59. The smallest absolute Gasteiger partial charge is 0.418 e. The van der Waals surface area contributed by atoms with E-state index in [4.69, 9.17) is 9.15 Å². The standard InChI is InChI=1S/C25H25FN6O3/c1-31-11-9-19(10-12-31)32(2)24-30-20-13-18(7-8-22(20)34-24)29-25(33)35-23-15-27-21(14-28-23)16-3-5-17(26)6-4-16/h3-8,13-15,19H,9-12H2,1-2H3,(H,29,33). The zero-order chi connectivity index (χ0) is 24.4. The summed E-state index contributed by atoms with van der Waals surface area (Å²) in [6.07, 6.45) is 4.19. The predicted octanol–water partition coefficient (Wildman–Crippen LogP) is 4.57. The van der Waals surface area contributed by atoms with Crippen LogP contribution in [0.4, 0.5) is 20.9 Å². The van der Waals surface area contributed by atoms with Crippen molar-refractivity contribution in [1.82, 2.24) is 19.9 Å². The fourth-order valence-corrected chi connectivity index (χ4v) is 4.06. The molecule has 180 valence electrons. The number of aromatic nitrogens is 3. The van der Waals surface area contributed by atoms with Crippen LogP contribution in [0.25, 0.3) is 22.4 Å². The SMILES string of the molecule is CN1CCC(N(C)c2nc3cc(NC(=O)Oc4cnc(-c5ccc(F)cc5)cn4)ccc3o2)CC1. The molecule has 2 aromatic heterocycles. The number of carbonyl (C=O) groups is 1. The highest BCUT2D eigenvalue weighted by atomic mass is 19.1. The third-order valence-electron chi connectivity index (χ3n) is 6.13. The zero-order valence-electron chi connectivity index (χ0n) is 19.4. The van der Waals surface area contributed by atoms with E-state index >= 15 is 0 Å². The molecule has 1 aliphatic heterocycles. The number of benzene rings is 2. The molecular weight excluding hydrogens is 451 g/mol. The first-order valence-electron chi connectivity index (χ1n) is 11.3. The quantitative estimate of drug-likeness (QED) is 0.448. The van der Waals surface area contributed by atoms with Gasteiger partial charge in [0.05, 0.1) is 18.1 Å². The highest BCUT2D eigenvalue weighted by Crippen LogP contribution is 2.27. The number of nitrogens with zero attached hydrogens (tertiary/aromatic N) is 5. The molecule has 1 saturated heterocycles. The van der Waals surface area contributed by atoms with Crippen molar-refractivity contribution in [3.63, 3.8) is 0 Å². The lowest BCUT2D eigenvalue weighted by atomic mass is 10.0. The van der Waals surface area contributed by atoms with E-state index in [1.807, 2.05) is 7.05 Å². The van der Waals surface area contributed by atoms with Crippen LogP contribution in [0, 0.1) is 5.82 Å². The molecule has 0 aliphatic carbocycles. The number of carbonyl (C=O) groups excluding carboxylic acids is 1. The second-order valence-electron chi connectivity index (χ2n) is 8.59. The van der Waals surface area contributed by atoms with E-state index in [0.29, 0.717) is 40.1 Å². The Morgan fingerprint density at radius 2 is 1.91 bits per heavy atom. The van der Waals surface area contributed by atoms with Crippen LogP contribution in [-0.2, 0) is 0 Å². The number of hydrogen-bond donors (Lipinski definition) is 1. The number of rotatable bonds is 5.